The van der Waals surface area contributed by atoms with Crippen molar-refractivity contribution >= 4 is 39.9 Å². The van der Waals surface area contributed by atoms with E-state index in [1.54, 1.807) is 36.4 Å². The van der Waals surface area contributed by atoms with Gasteiger partial charge in [-0.2, -0.15) is 0 Å². The number of hydrogen-bond donors (Lipinski definition) is 1. The standard InChI is InChI=1S/C23H19NO5/c1-28-20(25)14-19(23(27)29-2)18-13-12-15-8-6-7-11-17(15)21(18)24-22(26)16-9-4-3-5-10-16/h3-14H,1-2H3,(H,24,26)/b19-14-. The zero-order valence-corrected chi connectivity index (χ0v) is 16.0. The van der Waals surface area contributed by atoms with Gasteiger partial charge in [-0.3, -0.25) is 4.79 Å². The van der Waals surface area contributed by atoms with Crippen LogP contribution < -0.4 is 5.32 Å². The van der Waals surface area contributed by atoms with E-state index in [1.807, 2.05) is 30.3 Å². The van der Waals surface area contributed by atoms with Crippen LogP contribution in [0, 0.1) is 0 Å². The van der Waals surface area contributed by atoms with Gasteiger partial charge in [0.05, 0.1) is 25.5 Å². The minimum absolute atomic E-state index is 0.0199. The molecule has 1 N–H and O–H groups in total. The van der Waals surface area contributed by atoms with E-state index in [9.17, 15) is 14.4 Å². The van der Waals surface area contributed by atoms with Crippen molar-refractivity contribution in [3.05, 3.63) is 83.9 Å². The normalized spacial score (nSPS) is 11.0. The molecule has 0 aromatic heterocycles. The van der Waals surface area contributed by atoms with Gasteiger partial charge in [0.15, 0.2) is 0 Å². The SMILES string of the molecule is COC(=O)/C=C(\C(=O)OC)c1ccc2ccccc2c1NC(=O)c1ccccc1. The predicted octanol–water partition coefficient (Wildman–Crippen LogP) is 3.82. The Morgan fingerprint density at radius 1 is 0.828 bits per heavy atom. The van der Waals surface area contributed by atoms with E-state index in [4.69, 9.17) is 4.74 Å². The number of nitrogens with one attached hydrogen (secondary N) is 1. The summed E-state index contributed by atoms with van der Waals surface area (Å²) in [7, 11) is 2.43. The molecule has 29 heavy (non-hydrogen) atoms. The third-order valence-electron chi connectivity index (χ3n) is 4.36. The Morgan fingerprint density at radius 3 is 2.21 bits per heavy atom. The Bertz CT molecular complexity index is 1100. The fourth-order valence-corrected chi connectivity index (χ4v) is 2.94. The summed E-state index contributed by atoms with van der Waals surface area (Å²) in [5.74, 6) is -1.77. The largest absolute Gasteiger partial charge is 0.466 e. The van der Waals surface area contributed by atoms with Crippen molar-refractivity contribution < 1.29 is 23.9 Å². The fraction of sp³-hybridized carbons (Fsp3) is 0.0870. The molecule has 3 rings (SSSR count). The number of amides is 1. The maximum Gasteiger partial charge on any atom is 0.338 e. The van der Waals surface area contributed by atoms with E-state index in [0.29, 0.717) is 22.2 Å². The zero-order chi connectivity index (χ0) is 20.8. The van der Waals surface area contributed by atoms with Gasteiger partial charge in [-0.15, -0.1) is 0 Å². The van der Waals surface area contributed by atoms with E-state index in [1.165, 1.54) is 14.2 Å². The van der Waals surface area contributed by atoms with Crippen molar-refractivity contribution in [3.63, 3.8) is 0 Å². The summed E-state index contributed by atoms with van der Waals surface area (Å²) in [6.45, 7) is 0. The lowest BCUT2D eigenvalue weighted by Crippen LogP contribution is -2.15. The molecule has 6 nitrogen and oxygen atoms in total. The van der Waals surface area contributed by atoms with Crippen molar-refractivity contribution in [2.24, 2.45) is 0 Å². The maximum atomic E-state index is 12.8. The van der Waals surface area contributed by atoms with Crippen LogP contribution in [-0.4, -0.2) is 32.1 Å². The molecule has 6 heteroatoms. The van der Waals surface area contributed by atoms with Gasteiger partial charge < -0.3 is 14.8 Å². The minimum atomic E-state index is -0.721. The van der Waals surface area contributed by atoms with Crippen LogP contribution in [0.1, 0.15) is 15.9 Å². The second-order valence-corrected chi connectivity index (χ2v) is 6.10. The quantitative estimate of drug-likeness (QED) is 0.530. The Morgan fingerprint density at radius 2 is 1.52 bits per heavy atom. The average Bonchev–Trinajstić information content (AvgIpc) is 2.77. The smallest absolute Gasteiger partial charge is 0.338 e. The number of carbonyl (C=O) groups is 3. The first kappa shape index (κ1) is 19.8. The van der Waals surface area contributed by atoms with Crippen LogP contribution in [-0.2, 0) is 19.1 Å². The molecule has 0 spiro atoms. The maximum absolute atomic E-state index is 12.8. The summed E-state index contributed by atoms with van der Waals surface area (Å²) in [6, 6.07) is 19.6. The second-order valence-electron chi connectivity index (χ2n) is 6.10. The van der Waals surface area contributed by atoms with Crippen molar-refractivity contribution in [1.82, 2.24) is 0 Å². The van der Waals surface area contributed by atoms with Gasteiger partial charge in [0, 0.05) is 22.6 Å². The number of methoxy groups -OCH3 is 2. The molecule has 146 valence electrons. The first-order valence-corrected chi connectivity index (χ1v) is 8.81. The number of fused-ring (bicyclic) bond motifs is 1. The summed E-state index contributed by atoms with van der Waals surface area (Å²) in [5.41, 5.74) is 1.19. The molecule has 0 saturated heterocycles. The minimum Gasteiger partial charge on any atom is -0.466 e. The fourth-order valence-electron chi connectivity index (χ4n) is 2.94. The molecule has 0 fully saturated rings. The molecular weight excluding hydrogens is 370 g/mol. The van der Waals surface area contributed by atoms with Crippen LogP contribution in [0.2, 0.25) is 0 Å². The van der Waals surface area contributed by atoms with Crippen molar-refractivity contribution in [2.45, 2.75) is 0 Å². The first-order chi connectivity index (χ1) is 14.0. The molecule has 0 unspecified atom stereocenters. The Hall–Kier alpha value is -3.93. The number of carbonyl (C=O) groups excluding carboxylic acids is 3. The van der Waals surface area contributed by atoms with E-state index in [0.717, 1.165) is 11.5 Å². The van der Waals surface area contributed by atoms with Crippen LogP contribution in [0.4, 0.5) is 5.69 Å². The van der Waals surface area contributed by atoms with E-state index >= 15 is 0 Å². The lowest BCUT2D eigenvalue weighted by molar-refractivity contribution is -0.136. The second kappa shape index (κ2) is 8.84. The lowest BCUT2D eigenvalue weighted by atomic mass is 9.97. The molecule has 3 aromatic rings. The topological polar surface area (TPSA) is 81.7 Å². The Labute approximate surface area is 167 Å². The summed E-state index contributed by atoms with van der Waals surface area (Å²) in [4.78, 5) is 37.0. The van der Waals surface area contributed by atoms with Gasteiger partial charge >= 0.3 is 11.9 Å². The highest BCUT2D eigenvalue weighted by atomic mass is 16.5. The summed E-state index contributed by atoms with van der Waals surface area (Å²) in [6.07, 6.45) is 1.05. The molecule has 1 amide bonds. The lowest BCUT2D eigenvalue weighted by Gasteiger charge is -2.16. The number of ether oxygens (including phenoxy) is 2. The molecule has 3 aromatic carbocycles. The van der Waals surface area contributed by atoms with Gasteiger partial charge in [0.1, 0.15) is 0 Å². The van der Waals surface area contributed by atoms with Gasteiger partial charge in [-0.05, 0) is 17.5 Å². The highest BCUT2D eigenvalue weighted by Gasteiger charge is 2.21. The molecular formula is C23H19NO5. The van der Waals surface area contributed by atoms with Gasteiger partial charge in [0.2, 0.25) is 0 Å². The van der Waals surface area contributed by atoms with Gasteiger partial charge in [-0.25, -0.2) is 9.59 Å². The molecule has 0 aliphatic carbocycles. The average molecular weight is 389 g/mol. The van der Waals surface area contributed by atoms with Gasteiger partial charge in [0.25, 0.3) is 5.91 Å². The van der Waals surface area contributed by atoms with E-state index in [2.05, 4.69) is 10.1 Å². The molecule has 0 heterocycles. The molecule has 0 aliphatic rings. The van der Waals surface area contributed by atoms with Crippen molar-refractivity contribution in [3.8, 4) is 0 Å². The summed E-state index contributed by atoms with van der Waals surface area (Å²) < 4.78 is 9.51. The summed E-state index contributed by atoms with van der Waals surface area (Å²) >= 11 is 0. The number of hydrogen-bond acceptors (Lipinski definition) is 5. The first-order valence-electron chi connectivity index (χ1n) is 8.81. The Kier molecular flexibility index (Phi) is 6.04. The molecule has 0 saturated carbocycles. The highest BCUT2D eigenvalue weighted by molar-refractivity contribution is 6.24. The van der Waals surface area contributed by atoms with Gasteiger partial charge in [-0.1, -0.05) is 54.6 Å². The molecule has 0 atom stereocenters. The zero-order valence-electron chi connectivity index (χ0n) is 16.0. The number of benzene rings is 3. The van der Waals surface area contributed by atoms with Crippen LogP contribution in [0.5, 0.6) is 0 Å². The van der Waals surface area contributed by atoms with Crippen LogP contribution in [0.15, 0.2) is 72.8 Å². The molecule has 0 radical (unpaired) electrons. The molecule has 0 bridgehead atoms. The number of anilines is 1. The monoisotopic (exact) mass is 389 g/mol. The van der Waals surface area contributed by atoms with Crippen LogP contribution >= 0.6 is 0 Å². The van der Waals surface area contributed by atoms with E-state index < -0.39 is 11.9 Å². The third-order valence-corrected chi connectivity index (χ3v) is 4.36. The predicted molar refractivity (Wildman–Crippen MR) is 110 cm³/mol. The van der Waals surface area contributed by atoms with E-state index in [-0.39, 0.29) is 11.5 Å². The van der Waals surface area contributed by atoms with Crippen LogP contribution in [0.3, 0.4) is 0 Å². The summed E-state index contributed by atoms with van der Waals surface area (Å²) in [5, 5.41) is 4.46. The van der Waals surface area contributed by atoms with Crippen LogP contribution in [0.25, 0.3) is 16.3 Å². The molecule has 0 aliphatic heterocycles. The number of esters is 2. The highest BCUT2D eigenvalue weighted by Crippen LogP contribution is 2.33. The Balaban J connectivity index is 2.20. The van der Waals surface area contributed by atoms with Crippen molar-refractivity contribution in [2.75, 3.05) is 19.5 Å². The third kappa shape index (κ3) is 4.32. The van der Waals surface area contributed by atoms with Crippen molar-refractivity contribution in [1.29, 1.82) is 0 Å². The number of rotatable bonds is 5.